The summed E-state index contributed by atoms with van der Waals surface area (Å²) >= 11 is 0. The summed E-state index contributed by atoms with van der Waals surface area (Å²) in [5.74, 6) is 1.82. The van der Waals surface area contributed by atoms with Crippen molar-refractivity contribution < 1.29 is 28.5 Å². The Morgan fingerprint density at radius 3 is 2.18 bits per heavy atom. The summed E-state index contributed by atoms with van der Waals surface area (Å²) < 4.78 is 23.9. The van der Waals surface area contributed by atoms with Gasteiger partial charge >= 0.3 is 0 Å². The molecule has 1 amide bonds. The summed E-state index contributed by atoms with van der Waals surface area (Å²) in [6.07, 6.45) is 0.482. The van der Waals surface area contributed by atoms with Crippen molar-refractivity contribution in [2.45, 2.75) is 37.0 Å². The van der Waals surface area contributed by atoms with E-state index >= 15 is 0 Å². The van der Waals surface area contributed by atoms with Crippen LogP contribution in [0.15, 0.2) is 124 Å². The first-order chi connectivity index (χ1) is 24.4. The van der Waals surface area contributed by atoms with Crippen LogP contribution < -0.4 is 14.9 Å². The molecule has 0 unspecified atom stereocenters. The number of aromatic nitrogens is 1. The molecule has 4 aromatic rings. The maximum Gasteiger partial charge on any atom is 0.223 e. The lowest BCUT2D eigenvalue weighted by atomic mass is 9.80. The number of likely N-dealkylation sites (tertiary alicyclic amines) is 1. The predicted molar refractivity (Wildman–Crippen MR) is 190 cm³/mol. The van der Waals surface area contributed by atoms with E-state index in [4.69, 9.17) is 18.6 Å². The molecular weight excluding hydrogens is 632 g/mol. The fourth-order valence-corrected chi connectivity index (χ4v) is 6.85. The van der Waals surface area contributed by atoms with E-state index in [9.17, 15) is 14.7 Å². The highest BCUT2D eigenvalue weighted by Crippen LogP contribution is 2.42. The van der Waals surface area contributed by atoms with E-state index in [0.29, 0.717) is 35.4 Å². The average Bonchev–Trinajstić information content (AvgIpc) is 3.54. The number of aliphatic hydroxyl groups is 1. The number of carbonyl (C=O) groups excluding carboxylic acids is 1. The molecule has 0 saturated carbocycles. The summed E-state index contributed by atoms with van der Waals surface area (Å²) in [7, 11) is 3.27. The standard InChI is InChI=1S/C41H38N2O7/c1-47-34-15-10-29(11-16-34)41(28-6-4-3-5-7-28,30-12-17-35(48-2)18-13-30)49-26-31-23-33(45)25-43(31)40(46)21-9-27-8-20-38-37(22-27)42-36-19-14-32(44)24-39(36)50-38/h3-8,10-20,22,24,31,33,45H,9,21,23,25-26H2,1-2H3/t31-,33+/m0/s1. The molecule has 3 aliphatic rings. The number of hydrogen-bond acceptors (Lipinski definition) is 8. The molecule has 50 heavy (non-hydrogen) atoms. The van der Waals surface area contributed by atoms with Crippen LogP contribution in [0.2, 0.25) is 0 Å². The monoisotopic (exact) mass is 670 g/mol. The Bertz CT molecular complexity index is 2070. The minimum atomic E-state index is -1.04. The van der Waals surface area contributed by atoms with Crippen molar-refractivity contribution in [1.29, 1.82) is 0 Å². The normalized spacial score (nSPS) is 16.2. The zero-order chi connectivity index (χ0) is 34.7. The first-order valence-electron chi connectivity index (χ1n) is 16.7. The Kier molecular flexibility index (Phi) is 9.34. The fraction of sp³-hybridized carbons (Fsp3) is 0.244. The molecule has 9 nitrogen and oxygen atoms in total. The molecule has 2 heterocycles. The van der Waals surface area contributed by atoms with Gasteiger partial charge in [-0.15, -0.1) is 0 Å². The van der Waals surface area contributed by atoms with Crippen LogP contribution in [-0.2, 0) is 21.6 Å². The Balaban J connectivity index is 1.15. The molecular formula is C41H38N2O7. The van der Waals surface area contributed by atoms with Gasteiger partial charge < -0.3 is 28.6 Å². The second-order valence-corrected chi connectivity index (χ2v) is 12.6. The van der Waals surface area contributed by atoms with Crippen molar-refractivity contribution >= 4 is 17.0 Å². The fourth-order valence-electron chi connectivity index (χ4n) is 6.85. The molecule has 4 aromatic carbocycles. The second-order valence-electron chi connectivity index (χ2n) is 12.6. The molecule has 0 bridgehead atoms. The van der Waals surface area contributed by atoms with Crippen LogP contribution >= 0.6 is 0 Å². The number of nitrogens with zero attached hydrogens (tertiary/aromatic N) is 2. The van der Waals surface area contributed by atoms with Crippen molar-refractivity contribution in [2.75, 3.05) is 27.4 Å². The van der Waals surface area contributed by atoms with Gasteiger partial charge in [-0.05, 0) is 83.6 Å². The van der Waals surface area contributed by atoms with Crippen LogP contribution in [0.25, 0.3) is 22.6 Å². The lowest BCUT2D eigenvalue weighted by Gasteiger charge is -2.38. The zero-order valence-electron chi connectivity index (χ0n) is 28.0. The van der Waals surface area contributed by atoms with Gasteiger partial charge in [0.05, 0.1) is 33.0 Å². The predicted octanol–water partition coefficient (Wildman–Crippen LogP) is 6.21. The van der Waals surface area contributed by atoms with Gasteiger partial charge in [0.25, 0.3) is 0 Å². The summed E-state index contributed by atoms with van der Waals surface area (Å²) in [5, 5.41) is 10.8. The Morgan fingerprint density at radius 2 is 1.52 bits per heavy atom. The summed E-state index contributed by atoms with van der Waals surface area (Å²) in [5.41, 5.74) is 4.27. The molecule has 1 saturated heterocycles. The van der Waals surface area contributed by atoms with E-state index in [2.05, 4.69) is 4.98 Å². The van der Waals surface area contributed by atoms with E-state index in [0.717, 1.165) is 33.8 Å². The van der Waals surface area contributed by atoms with Crippen molar-refractivity contribution in [1.82, 2.24) is 9.88 Å². The van der Waals surface area contributed by atoms with E-state index < -0.39 is 11.7 Å². The third-order valence-electron chi connectivity index (χ3n) is 9.42. The molecule has 1 aliphatic carbocycles. The van der Waals surface area contributed by atoms with Gasteiger partial charge in [-0.25, -0.2) is 4.98 Å². The number of ether oxygens (including phenoxy) is 3. The highest BCUT2D eigenvalue weighted by molar-refractivity contribution is 5.79. The van der Waals surface area contributed by atoms with Crippen LogP contribution in [-0.4, -0.2) is 60.4 Å². The summed E-state index contributed by atoms with van der Waals surface area (Å²) in [6, 6.07) is 35.5. The molecule has 2 aliphatic heterocycles. The molecule has 7 rings (SSSR count). The molecule has 0 spiro atoms. The van der Waals surface area contributed by atoms with E-state index in [1.807, 2.05) is 97.1 Å². The number of hydrogen-bond donors (Lipinski definition) is 1. The summed E-state index contributed by atoms with van der Waals surface area (Å²) in [4.78, 5) is 31.9. The van der Waals surface area contributed by atoms with E-state index in [1.54, 1.807) is 25.2 Å². The topological polar surface area (TPSA) is 111 Å². The van der Waals surface area contributed by atoms with Gasteiger partial charge in [-0.2, -0.15) is 0 Å². The second kappa shape index (κ2) is 14.2. The number of rotatable bonds is 11. The molecule has 0 radical (unpaired) electrons. The third kappa shape index (κ3) is 6.57. The van der Waals surface area contributed by atoms with Crippen LogP contribution in [0.5, 0.6) is 11.5 Å². The molecule has 9 heteroatoms. The zero-order valence-corrected chi connectivity index (χ0v) is 28.0. The van der Waals surface area contributed by atoms with E-state index in [1.165, 1.54) is 12.1 Å². The first kappa shape index (κ1) is 33.0. The van der Waals surface area contributed by atoms with Gasteiger partial charge in [-0.3, -0.25) is 9.59 Å². The van der Waals surface area contributed by atoms with Crippen molar-refractivity contribution in [2.24, 2.45) is 0 Å². The molecule has 2 atom stereocenters. The highest BCUT2D eigenvalue weighted by Gasteiger charge is 2.41. The Morgan fingerprint density at radius 1 is 0.860 bits per heavy atom. The molecule has 254 valence electrons. The maximum atomic E-state index is 13.8. The van der Waals surface area contributed by atoms with Crippen molar-refractivity contribution in [3.05, 3.63) is 148 Å². The minimum absolute atomic E-state index is 0.0615. The molecule has 1 fully saturated rings. The number of benzene rings is 5. The van der Waals surface area contributed by atoms with Gasteiger partial charge in [-0.1, -0.05) is 60.7 Å². The molecule has 1 N–H and O–H groups in total. The Labute approximate surface area is 290 Å². The number of methoxy groups -OCH3 is 2. The number of aliphatic hydroxyl groups excluding tert-OH is 1. The van der Waals surface area contributed by atoms with Gasteiger partial charge in [0.15, 0.2) is 16.8 Å². The Hall–Kier alpha value is -5.51. The quantitative estimate of drug-likeness (QED) is 0.128. The average molecular weight is 671 g/mol. The highest BCUT2D eigenvalue weighted by atomic mass is 16.5. The van der Waals surface area contributed by atoms with E-state index in [-0.39, 0.29) is 37.0 Å². The number of fused-ring (bicyclic) bond motifs is 2. The van der Waals surface area contributed by atoms with Crippen LogP contribution in [0.4, 0.5) is 0 Å². The summed E-state index contributed by atoms with van der Waals surface area (Å²) in [6.45, 7) is 0.428. The number of carbonyl (C=O) groups is 1. The SMILES string of the molecule is COc1ccc(C(OC[C@@H]2C[C@@H](O)CN2C(=O)CCc2ccc3oc4cc(=O)ccc-4nc3c2)(c2ccccc2)c2ccc(OC)cc2)cc1. The number of β-amino-alcohol motifs (C(OH)–C–C–N with tert-alkyl or cyclic N) is 1. The lowest BCUT2D eigenvalue weighted by molar-refractivity contribution is -0.134. The van der Waals surface area contributed by atoms with Crippen LogP contribution in [0.1, 0.15) is 35.1 Å². The largest absolute Gasteiger partial charge is 0.497 e. The number of aryl methyl sites for hydroxylation is 1. The number of amides is 1. The van der Waals surface area contributed by atoms with Crippen LogP contribution in [0, 0.1) is 0 Å². The minimum Gasteiger partial charge on any atom is -0.497 e. The van der Waals surface area contributed by atoms with Crippen LogP contribution in [0.3, 0.4) is 0 Å². The lowest BCUT2D eigenvalue weighted by Crippen LogP contribution is -2.42. The van der Waals surface area contributed by atoms with Gasteiger partial charge in [0.1, 0.15) is 28.3 Å². The van der Waals surface area contributed by atoms with Crippen molar-refractivity contribution in [3.8, 4) is 23.0 Å². The third-order valence-corrected chi connectivity index (χ3v) is 9.42. The van der Waals surface area contributed by atoms with Gasteiger partial charge in [0, 0.05) is 19.0 Å². The first-order valence-corrected chi connectivity index (χ1v) is 16.7. The molecule has 0 aromatic heterocycles. The van der Waals surface area contributed by atoms with Crippen molar-refractivity contribution in [3.63, 3.8) is 0 Å². The maximum absolute atomic E-state index is 13.8. The smallest absolute Gasteiger partial charge is 0.223 e. The van der Waals surface area contributed by atoms with Gasteiger partial charge in [0.2, 0.25) is 5.91 Å².